The lowest BCUT2D eigenvalue weighted by atomic mass is 10.2. The maximum absolute atomic E-state index is 5.62. The van der Waals surface area contributed by atoms with Crippen molar-refractivity contribution in [1.29, 1.82) is 0 Å². The van der Waals surface area contributed by atoms with Gasteiger partial charge in [-0.15, -0.1) is 5.10 Å². The second-order valence-corrected chi connectivity index (χ2v) is 4.50. The number of aromatic nitrogens is 3. The van der Waals surface area contributed by atoms with E-state index in [4.69, 9.17) is 22.7 Å². The van der Waals surface area contributed by atoms with Crippen LogP contribution in [0.2, 0.25) is 0 Å². The molecule has 0 spiro atoms. The van der Waals surface area contributed by atoms with Gasteiger partial charge in [0, 0.05) is 7.11 Å². The fourth-order valence-corrected chi connectivity index (χ4v) is 2.38. The highest BCUT2D eigenvalue weighted by Gasteiger charge is 2.23. The van der Waals surface area contributed by atoms with Crippen LogP contribution in [0, 0.1) is 0 Å². The van der Waals surface area contributed by atoms with E-state index in [1.54, 1.807) is 7.11 Å². The van der Waals surface area contributed by atoms with Gasteiger partial charge in [0.25, 0.3) is 0 Å². The molecule has 0 bridgehead atoms. The Hall–Kier alpha value is -1.01. The summed E-state index contributed by atoms with van der Waals surface area (Å²) in [4.78, 5) is 0.288. The van der Waals surface area contributed by atoms with Gasteiger partial charge >= 0.3 is 0 Å². The highest BCUT2D eigenvalue weighted by atomic mass is 32.1. The molecule has 0 amide bonds. The van der Waals surface area contributed by atoms with Crippen LogP contribution >= 0.6 is 12.2 Å². The zero-order chi connectivity index (χ0) is 11.5. The summed E-state index contributed by atoms with van der Waals surface area (Å²) in [6.45, 7) is 0.455. The minimum absolute atomic E-state index is 0.288. The number of methoxy groups -OCH3 is 1. The molecule has 6 heteroatoms. The Balaban J connectivity index is 2.32. The Kier molecular flexibility index (Phi) is 3.50. The molecule has 0 aromatic carbocycles. The predicted octanol–water partition coefficient (Wildman–Crippen LogP) is 1.17. The monoisotopic (exact) mass is 240 g/mol. The van der Waals surface area contributed by atoms with Gasteiger partial charge in [-0.3, -0.25) is 0 Å². The summed E-state index contributed by atoms with van der Waals surface area (Å²) in [6, 6.07) is 0.431. The van der Waals surface area contributed by atoms with Crippen molar-refractivity contribution in [1.82, 2.24) is 15.0 Å². The van der Waals surface area contributed by atoms with Gasteiger partial charge in [0.2, 0.25) is 0 Å². The minimum Gasteiger partial charge on any atom is -0.388 e. The minimum atomic E-state index is 0.288. The van der Waals surface area contributed by atoms with Crippen molar-refractivity contribution in [2.75, 3.05) is 7.11 Å². The van der Waals surface area contributed by atoms with Gasteiger partial charge in [-0.1, -0.05) is 30.3 Å². The maximum Gasteiger partial charge on any atom is 0.145 e. The molecule has 1 saturated carbocycles. The highest BCUT2D eigenvalue weighted by molar-refractivity contribution is 7.80. The van der Waals surface area contributed by atoms with Crippen LogP contribution in [0.15, 0.2) is 0 Å². The second-order valence-electron chi connectivity index (χ2n) is 4.06. The molecule has 1 heterocycles. The van der Waals surface area contributed by atoms with E-state index in [0.29, 0.717) is 18.3 Å². The van der Waals surface area contributed by atoms with Crippen molar-refractivity contribution in [2.45, 2.75) is 38.3 Å². The topological polar surface area (TPSA) is 66.0 Å². The lowest BCUT2D eigenvalue weighted by molar-refractivity contribution is 0.174. The third kappa shape index (κ3) is 2.08. The van der Waals surface area contributed by atoms with Crippen molar-refractivity contribution in [3.05, 3.63) is 11.4 Å². The predicted molar refractivity (Wildman–Crippen MR) is 64.1 cm³/mol. The number of nitrogens with zero attached hydrogens (tertiary/aromatic N) is 3. The number of rotatable bonds is 4. The van der Waals surface area contributed by atoms with Crippen LogP contribution in [0.4, 0.5) is 0 Å². The zero-order valence-corrected chi connectivity index (χ0v) is 10.2. The average Bonchev–Trinajstić information content (AvgIpc) is 2.84. The van der Waals surface area contributed by atoms with Crippen molar-refractivity contribution in [3.8, 4) is 0 Å². The fraction of sp³-hybridized carbons (Fsp3) is 0.700. The number of hydrogen-bond donors (Lipinski definition) is 1. The first-order chi connectivity index (χ1) is 7.74. The van der Waals surface area contributed by atoms with Crippen molar-refractivity contribution in [3.63, 3.8) is 0 Å². The van der Waals surface area contributed by atoms with E-state index < -0.39 is 0 Å². The number of ether oxygens (including phenoxy) is 1. The highest BCUT2D eigenvalue weighted by Crippen LogP contribution is 2.30. The molecular weight excluding hydrogens is 224 g/mol. The van der Waals surface area contributed by atoms with Crippen LogP contribution in [0.3, 0.4) is 0 Å². The van der Waals surface area contributed by atoms with E-state index in [-0.39, 0.29) is 4.99 Å². The standard InChI is InChI=1S/C10H16N4OS/c1-15-6-8-9(10(11)16)12-13-14(8)7-4-2-3-5-7/h7H,2-6H2,1H3,(H2,11,16). The number of hydrogen-bond acceptors (Lipinski definition) is 4. The molecule has 88 valence electrons. The molecule has 0 atom stereocenters. The Labute approximate surface area is 100.0 Å². The van der Waals surface area contributed by atoms with Gasteiger partial charge in [0.05, 0.1) is 18.3 Å². The molecule has 0 radical (unpaired) electrons. The lowest BCUT2D eigenvalue weighted by Crippen LogP contribution is -2.16. The number of nitrogens with two attached hydrogens (primary N) is 1. The molecule has 0 saturated heterocycles. The van der Waals surface area contributed by atoms with Crippen LogP contribution in [0.1, 0.15) is 43.1 Å². The van der Waals surface area contributed by atoms with Gasteiger partial charge in [0.1, 0.15) is 10.7 Å². The summed E-state index contributed by atoms with van der Waals surface area (Å²) in [6.07, 6.45) is 4.80. The normalized spacial score (nSPS) is 16.8. The Morgan fingerprint density at radius 1 is 1.56 bits per heavy atom. The van der Waals surface area contributed by atoms with Crippen LogP contribution in [0.5, 0.6) is 0 Å². The molecule has 0 unspecified atom stereocenters. The van der Waals surface area contributed by atoms with Gasteiger partial charge in [-0.05, 0) is 12.8 Å². The largest absolute Gasteiger partial charge is 0.388 e. The Morgan fingerprint density at radius 2 is 2.25 bits per heavy atom. The summed E-state index contributed by atoms with van der Waals surface area (Å²) >= 11 is 4.96. The number of thiocarbonyl (C=S) groups is 1. The summed E-state index contributed by atoms with van der Waals surface area (Å²) < 4.78 is 7.10. The van der Waals surface area contributed by atoms with E-state index in [0.717, 1.165) is 18.5 Å². The molecule has 1 fully saturated rings. The first-order valence-corrected chi connectivity index (χ1v) is 5.87. The van der Waals surface area contributed by atoms with Gasteiger partial charge in [0.15, 0.2) is 0 Å². The third-order valence-corrected chi connectivity index (χ3v) is 3.17. The molecular formula is C10H16N4OS. The first kappa shape index (κ1) is 11.5. The summed E-state index contributed by atoms with van der Waals surface area (Å²) in [5.41, 5.74) is 7.12. The van der Waals surface area contributed by atoms with Gasteiger partial charge < -0.3 is 10.5 Å². The van der Waals surface area contributed by atoms with E-state index >= 15 is 0 Å². The molecule has 1 aromatic rings. The van der Waals surface area contributed by atoms with Crippen LogP contribution in [-0.4, -0.2) is 27.1 Å². The van der Waals surface area contributed by atoms with Crippen LogP contribution in [0.25, 0.3) is 0 Å². The van der Waals surface area contributed by atoms with Crippen molar-refractivity contribution >= 4 is 17.2 Å². The second kappa shape index (κ2) is 4.88. The molecule has 0 aliphatic heterocycles. The Bertz CT molecular complexity index is 384. The molecule has 16 heavy (non-hydrogen) atoms. The summed E-state index contributed by atoms with van der Waals surface area (Å²) in [5, 5.41) is 8.20. The van der Waals surface area contributed by atoms with Crippen molar-refractivity contribution in [2.24, 2.45) is 5.73 Å². The SMILES string of the molecule is COCc1c(C(N)=S)nnn1C1CCCC1. The van der Waals surface area contributed by atoms with Crippen LogP contribution < -0.4 is 5.73 Å². The summed E-state index contributed by atoms with van der Waals surface area (Å²) in [7, 11) is 1.65. The molecule has 1 aliphatic rings. The molecule has 5 nitrogen and oxygen atoms in total. The zero-order valence-electron chi connectivity index (χ0n) is 9.35. The third-order valence-electron chi connectivity index (χ3n) is 2.98. The average molecular weight is 240 g/mol. The fourth-order valence-electron chi connectivity index (χ4n) is 2.22. The van der Waals surface area contributed by atoms with Crippen molar-refractivity contribution < 1.29 is 4.74 Å². The molecule has 2 rings (SSSR count). The molecule has 1 aromatic heterocycles. The first-order valence-electron chi connectivity index (χ1n) is 5.47. The maximum atomic E-state index is 5.62. The Morgan fingerprint density at radius 3 is 2.81 bits per heavy atom. The smallest absolute Gasteiger partial charge is 0.145 e. The van der Waals surface area contributed by atoms with Crippen LogP contribution in [-0.2, 0) is 11.3 Å². The van der Waals surface area contributed by atoms with E-state index in [9.17, 15) is 0 Å². The van der Waals surface area contributed by atoms with E-state index in [2.05, 4.69) is 10.3 Å². The molecule has 1 aliphatic carbocycles. The van der Waals surface area contributed by atoms with E-state index in [1.807, 2.05) is 4.68 Å². The summed E-state index contributed by atoms with van der Waals surface area (Å²) in [5.74, 6) is 0. The molecule has 2 N–H and O–H groups in total. The quantitative estimate of drug-likeness (QED) is 0.800. The van der Waals surface area contributed by atoms with Gasteiger partial charge in [-0.2, -0.15) is 0 Å². The van der Waals surface area contributed by atoms with Gasteiger partial charge in [-0.25, -0.2) is 4.68 Å². The van der Waals surface area contributed by atoms with E-state index in [1.165, 1.54) is 12.8 Å². The lowest BCUT2D eigenvalue weighted by Gasteiger charge is -2.12.